The molecule has 0 bridgehead atoms. The summed E-state index contributed by atoms with van der Waals surface area (Å²) < 4.78 is 7.65. The first kappa shape index (κ1) is 17.4. The van der Waals surface area contributed by atoms with Gasteiger partial charge in [-0.25, -0.2) is 9.97 Å². The van der Waals surface area contributed by atoms with Crippen LogP contribution in [-0.2, 0) is 24.1 Å². The molecule has 1 aliphatic heterocycles. The number of fused-ring (bicyclic) bond motifs is 3. The predicted molar refractivity (Wildman–Crippen MR) is 107 cm³/mol. The van der Waals surface area contributed by atoms with Crippen molar-refractivity contribution in [3.63, 3.8) is 0 Å². The summed E-state index contributed by atoms with van der Waals surface area (Å²) in [5.74, 6) is 0.931. The first-order valence-electron chi connectivity index (χ1n) is 9.54. The zero-order valence-corrected chi connectivity index (χ0v) is 17.0. The van der Waals surface area contributed by atoms with Crippen LogP contribution in [0, 0.1) is 0 Å². The number of ether oxygens (including phenoxy) is 1. The molecule has 0 radical (unpaired) electrons. The van der Waals surface area contributed by atoms with E-state index < -0.39 is 0 Å². The number of thiophene rings is 1. The molecule has 0 saturated carbocycles. The summed E-state index contributed by atoms with van der Waals surface area (Å²) in [4.78, 5) is 14.0. The summed E-state index contributed by atoms with van der Waals surface area (Å²) in [6, 6.07) is 0. The maximum Gasteiger partial charge on any atom is 0.228 e. The van der Waals surface area contributed by atoms with Crippen LogP contribution in [0.2, 0.25) is 0 Å². The van der Waals surface area contributed by atoms with Crippen molar-refractivity contribution in [3.05, 3.63) is 16.8 Å². The van der Waals surface area contributed by atoms with Gasteiger partial charge in [-0.15, -0.1) is 21.5 Å². The fourth-order valence-corrected chi connectivity index (χ4v) is 6.15. The molecule has 1 aliphatic carbocycles. The second-order valence-corrected chi connectivity index (χ2v) is 8.84. The van der Waals surface area contributed by atoms with Crippen molar-refractivity contribution in [1.29, 1.82) is 0 Å². The summed E-state index contributed by atoms with van der Waals surface area (Å²) in [6.45, 7) is 6.17. The fraction of sp³-hybridized carbons (Fsp3) is 0.556. The zero-order chi connectivity index (χ0) is 18.2. The summed E-state index contributed by atoms with van der Waals surface area (Å²) in [5, 5.41) is 12.1. The lowest BCUT2D eigenvalue weighted by molar-refractivity contribution is 0.121. The quantitative estimate of drug-likeness (QED) is 0.621. The molecule has 9 heteroatoms. The van der Waals surface area contributed by atoms with Gasteiger partial charge in [0.05, 0.1) is 13.2 Å². The third-order valence-corrected chi connectivity index (χ3v) is 7.40. The highest BCUT2D eigenvalue weighted by Crippen LogP contribution is 2.41. The van der Waals surface area contributed by atoms with E-state index in [-0.39, 0.29) is 0 Å². The molecule has 7 nitrogen and oxygen atoms in total. The minimum atomic E-state index is 0.743. The van der Waals surface area contributed by atoms with Gasteiger partial charge in [-0.05, 0) is 49.9 Å². The normalized spacial score (nSPS) is 17.4. The topological polar surface area (TPSA) is 69.0 Å². The average Bonchev–Trinajstić information content (AvgIpc) is 3.30. The molecule has 4 heterocycles. The lowest BCUT2D eigenvalue weighted by Gasteiger charge is -2.27. The number of anilines is 1. The Morgan fingerprint density at radius 2 is 2.00 bits per heavy atom. The van der Waals surface area contributed by atoms with E-state index in [2.05, 4.69) is 36.6 Å². The molecule has 0 spiro atoms. The fourth-order valence-electron chi connectivity index (χ4n) is 3.86. The van der Waals surface area contributed by atoms with Crippen molar-refractivity contribution in [2.75, 3.05) is 31.2 Å². The van der Waals surface area contributed by atoms with Crippen molar-refractivity contribution in [2.45, 2.75) is 49.3 Å². The summed E-state index contributed by atoms with van der Waals surface area (Å²) in [6.07, 6.45) is 6.53. The molecule has 0 unspecified atom stereocenters. The highest BCUT2D eigenvalue weighted by Gasteiger charge is 2.24. The minimum Gasteiger partial charge on any atom is -0.378 e. The van der Waals surface area contributed by atoms with Crippen molar-refractivity contribution in [3.8, 4) is 0 Å². The number of aromatic nitrogens is 5. The van der Waals surface area contributed by atoms with E-state index in [9.17, 15) is 0 Å². The molecule has 3 aromatic heterocycles. The summed E-state index contributed by atoms with van der Waals surface area (Å²) in [5.41, 5.74) is 1.46. The SMILES string of the molecule is CCn1c(Sc2ncnc3sc4c(c23)CCCC4)nnc1N1CCOCC1. The van der Waals surface area contributed by atoms with Gasteiger partial charge in [0.25, 0.3) is 0 Å². The van der Waals surface area contributed by atoms with E-state index in [0.717, 1.165) is 60.2 Å². The van der Waals surface area contributed by atoms with E-state index >= 15 is 0 Å². The molecule has 1 saturated heterocycles. The van der Waals surface area contributed by atoms with Crippen LogP contribution in [0.25, 0.3) is 10.2 Å². The molecule has 27 heavy (non-hydrogen) atoms. The van der Waals surface area contributed by atoms with Crippen molar-refractivity contribution >= 4 is 39.3 Å². The Kier molecular flexibility index (Phi) is 4.75. The first-order valence-corrected chi connectivity index (χ1v) is 11.2. The van der Waals surface area contributed by atoms with Crippen molar-refractivity contribution in [1.82, 2.24) is 24.7 Å². The summed E-state index contributed by atoms with van der Waals surface area (Å²) in [7, 11) is 0. The van der Waals surface area contributed by atoms with Crippen LogP contribution in [0.3, 0.4) is 0 Å². The Balaban J connectivity index is 1.52. The van der Waals surface area contributed by atoms with E-state index in [1.807, 2.05) is 11.3 Å². The van der Waals surface area contributed by atoms with E-state index in [1.165, 1.54) is 35.1 Å². The summed E-state index contributed by atoms with van der Waals surface area (Å²) >= 11 is 3.45. The minimum absolute atomic E-state index is 0.743. The molecule has 0 amide bonds. The highest BCUT2D eigenvalue weighted by molar-refractivity contribution is 7.99. The Morgan fingerprint density at radius 3 is 2.85 bits per heavy atom. The van der Waals surface area contributed by atoms with Gasteiger partial charge in [0.2, 0.25) is 5.95 Å². The number of aryl methyl sites for hydroxylation is 2. The number of nitrogens with zero attached hydrogens (tertiary/aromatic N) is 6. The van der Waals surface area contributed by atoms with E-state index in [1.54, 1.807) is 18.1 Å². The number of hydrogen-bond donors (Lipinski definition) is 0. The first-order chi connectivity index (χ1) is 13.3. The van der Waals surface area contributed by atoms with Crippen LogP contribution in [0.1, 0.15) is 30.2 Å². The van der Waals surface area contributed by atoms with Crippen LogP contribution >= 0.6 is 23.1 Å². The maximum absolute atomic E-state index is 5.47. The second-order valence-electron chi connectivity index (χ2n) is 6.80. The number of rotatable bonds is 4. The molecular formula is C18H22N6OS2. The molecule has 3 aromatic rings. The molecule has 5 rings (SSSR count). The number of hydrogen-bond acceptors (Lipinski definition) is 8. The lowest BCUT2D eigenvalue weighted by Crippen LogP contribution is -2.38. The molecule has 0 N–H and O–H groups in total. The zero-order valence-electron chi connectivity index (χ0n) is 15.3. The Hall–Kier alpha value is -1.71. The van der Waals surface area contributed by atoms with Crippen LogP contribution in [0.5, 0.6) is 0 Å². The predicted octanol–water partition coefficient (Wildman–Crippen LogP) is 3.17. The van der Waals surface area contributed by atoms with Crippen LogP contribution in [-0.4, -0.2) is 51.0 Å². The molecule has 142 valence electrons. The largest absolute Gasteiger partial charge is 0.378 e. The molecule has 0 aromatic carbocycles. The third-order valence-electron chi connectivity index (χ3n) is 5.21. The van der Waals surface area contributed by atoms with Gasteiger partial charge in [0, 0.05) is 29.9 Å². The molecule has 1 fully saturated rings. The average molecular weight is 403 g/mol. The van der Waals surface area contributed by atoms with Gasteiger partial charge in [-0.2, -0.15) is 0 Å². The molecular weight excluding hydrogens is 380 g/mol. The molecule has 0 atom stereocenters. The van der Waals surface area contributed by atoms with Crippen molar-refractivity contribution in [2.24, 2.45) is 0 Å². The van der Waals surface area contributed by atoms with Gasteiger partial charge in [-0.3, -0.25) is 4.57 Å². The maximum atomic E-state index is 5.47. The van der Waals surface area contributed by atoms with Crippen molar-refractivity contribution < 1.29 is 4.74 Å². The lowest BCUT2D eigenvalue weighted by atomic mass is 9.97. The molecule has 2 aliphatic rings. The second kappa shape index (κ2) is 7.37. The third kappa shape index (κ3) is 3.11. The van der Waals surface area contributed by atoms with E-state index in [4.69, 9.17) is 4.74 Å². The van der Waals surface area contributed by atoms with Gasteiger partial charge < -0.3 is 9.64 Å². The Labute approximate surface area is 166 Å². The van der Waals surface area contributed by atoms with Crippen LogP contribution < -0.4 is 4.90 Å². The monoisotopic (exact) mass is 402 g/mol. The van der Waals surface area contributed by atoms with Crippen LogP contribution in [0.15, 0.2) is 16.5 Å². The van der Waals surface area contributed by atoms with E-state index in [0.29, 0.717) is 0 Å². The van der Waals surface area contributed by atoms with Crippen LogP contribution in [0.4, 0.5) is 5.95 Å². The van der Waals surface area contributed by atoms with Gasteiger partial charge in [0.1, 0.15) is 16.2 Å². The van der Waals surface area contributed by atoms with Gasteiger partial charge in [-0.1, -0.05) is 0 Å². The number of morpholine rings is 1. The Morgan fingerprint density at radius 1 is 1.15 bits per heavy atom. The standard InChI is InChI=1S/C18H22N6OS2/c1-2-24-17(23-7-9-25-10-8-23)21-22-18(24)27-16-14-12-5-3-4-6-13(12)26-15(14)19-11-20-16/h11H,2-10H2,1H3. The smallest absolute Gasteiger partial charge is 0.228 e. The highest BCUT2D eigenvalue weighted by atomic mass is 32.2. The van der Waals surface area contributed by atoms with Gasteiger partial charge >= 0.3 is 0 Å². The van der Waals surface area contributed by atoms with Gasteiger partial charge in [0.15, 0.2) is 5.16 Å². The Bertz CT molecular complexity index is 962.